The molecule has 4 heteroatoms. The van der Waals surface area contributed by atoms with E-state index in [2.05, 4.69) is 53.2 Å². The Morgan fingerprint density at radius 1 is 1.00 bits per heavy atom. The fourth-order valence-corrected chi connectivity index (χ4v) is 4.00. The predicted octanol–water partition coefficient (Wildman–Crippen LogP) is 5.34. The summed E-state index contributed by atoms with van der Waals surface area (Å²) in [5.74, 6) is 0. The van der Waals surface area contributed by atoms with Crippen LogP contribution in [0.1, 0.15) is 21.4 Å². The number of nitrogens with one attached hydrogen (secondary N) is 1. The first-order valence-electron chi connectivity index (χ1n) is 6.39. The monoisotopic (exact) mass is 319 g/mol. The second kappa shape index (κ2) is 6.55. The quantitative estimate of drug-likeness (QED) is 0.669. The molecule has 1 atom stereocenters. The van der Waals surface area contributed by atoms with E-state index in [1.807, 2.05) is 12.1 Å². The fraction of sp³-hybridized carbons (Fsp3) is 0.125. The van der Waals surface area contributed by atoms with E-state index in [0.717, 1.165) is 10.9 Å². The summed E-state index contributed by atoms with van der Waals surface area (Å²) in [5.41, 5.74) is 1.29. The number of halogens is 1. The molecule has 20 heavy (non-hydrogen) atoms. The van der Waals surface area contributed by atoms with Gasteiger partial charge in [-0.1, -0.05) is 48.0 Å². The summed E-state index contributed by atoms with van der Waals surface area (Å²) in [4.78, 5) is 2.59. The zero-order valence-electron chi connectivity index (χ0n) is 10.8. The van der Waals surface area contributed by atoms with E-state index in [-0.39, 0.29) is 6.04 Å². The zero-order chi connectivity index (χ0) is 13.8. The Hall–Kier alpha value is -1.13. The maximum atomic E-state index is 5.99. The molecule has 0 aliphatic carbocycles. The van der Waals surface area contributed by atoms with E-state index >= 15 is 0 Å². The molecule has 0 fully saturated rings. The number of thiophene rings is 2. The zero-order valence-corrected chi connectivity index (χ0v) is 13.1. The third kappa shape index (κ3) is 3.30. The maximum absolute atomic E-state index is 5.99. The van der Waals surface area contributed by atoms with Gasteiger partial charge in [-0.3, -0.25) is 0 Å². The predicted molar refractivity (Wildman–Crippen MR) is 88.8 cm³/mol. The van der Waals surface area contributed by atoms with E-state index in [0.29, 0.717) is 0 Å². The topological polar surface area (TPSA) is 12.0 Å². The number of rotatable bonds is 5. The van der Waals surface area contributed by atoms with E-state index in [1.165, 1.54) is 15.3 Å². The van der Waals surface area contributed by atoms with Crippen LogP contribution < -0.4 is 5.32 Å². The lowest BCUT2D eigenvalue weighted by molar-refractivity contribution is 0.618. The molecule has 0 amide bonds. The average molecular weight is 320 g/mol. The van der Waals surface area contributed by atoms with Gasteiger partial charge in [0.25, 0.3) is 0 Å². The normalized spacial score (nSPS) is 12.4. The minimum atomic E-state index is 0.233. The minimum absolute atomic E-state index is 0.233. The van der Waals surface area contributed by atoms with Crippen LogP contribution in [0.3, 0.4) is 0 Å². The standard InChI is InChI=1S/C16H14ClNS2/c17-15-9-8-13(20-15)11-18-16(14-7-4-10-19-14)12-5-2-1-3-6-12/h1-10,16,18H,11H2. The first-order chi connectivity index (χ1) is 9.83. The van der Waals surface area contributed by atoms with Crippen LogP contribution in [-0.4, -0.2) is 0 Å². The van der Waals surface area contributed by atoms with Gasteiger partial charge in [0.05, 0.1) is 10.4 Å². The smallest absolute Gasteiger partial charge is 0.0931 e. The lowest BCUT2D eigenvalue weighted by atomic mass is 10.1. The summed E-state index contributed by atoms with van der Waals surface area (Å²) in [6.45, 7) is 0.828. The molecule has 3 rings (SSSR count). The van der Waals surface area contributed by atoms with Crippen molar-refractivity contribution in [1.29, 1.82) is 0 Å². The van der Waals surface area contributed by atoms with Crippen LogP contribution in [0.2, 0.25) is 4.34 Å². The lowest BCUT2D eigenvalue weighted by Crippen LogP contribution is -2.20. The molecular formula is C16H14ClNS2. The van der Waals surface area contributed by atoms with Crippen LogP contribution >= 0.6 is 34.3 Å². The molecule has 1 aromatic carbocycles. The minimum Gasteiger partial charge on any atom is -0.301 e. The van der Waals surface area contributed by atoms with Crippen LogP contribution in [0.15, 0.2) is 60.0 Å². The SMILES string of the molecule is Clc1ccc(CNC(c2ccccc2)c2cccs2)s1. The number of hydrogen-bond acceptors (Lipinski definition) is 3. The van der Waals surface area contributed by atoms with Crippen molar-refractivity contribution in [3.8, 4) is 0 Å². The van der Waals surface area contributed by atoms with E-state index < -0.39 is 0 Å². The maximum Gasteiger partial charge on any atom is 0.0931 e. The second-order valence-corrected chi connectivity index (χ2v) is 7.22. The molecule has 2 heterocycles. The first-order valence-corrected chi connectivity index (χ1v) is 8.46. The van der Waals surface area contributed by atoms with Crippen molar-refractivity contribution in [1.82, 2.24) is 5.32 Å². The molecule has 2 aromatic heterocycles. The van der Waals surface area contributed by atoms with E-state index in [4.69, 9.17) is 11.6 Å². The summed E-state index contributed by atoms with van der Waals surface area (Å²) in [6.07, 6.45) is 0. The van der Waals surface area contributed by atoms with Gasteiger partial charge in [0, 0.05) is 16.3 Å². The van der Waals surface area contributed by atoms with Gasteiger partial charge >= 0.3 is 0 Å². The van der Waals surface area contributed by atoms with Gasteiger partial charge in [0.15, 0.2) is 0 Å². The molecule has 1 N–H and O–H groups in total. The molecule has 0 spiro atoms. The highest BCUT2D eigenvalue weighted by Crippen LogP contribution is 2.27. The largest absolute Gasteiger partial charge is 0.301 e. The Morgan fingerprint density at radius 3 is 2.50 bits per heavy atom. The summed E-state index contributed by atoms with van der Waals surface area (Å²) >= 11 is 9.39. The van der Waals surface area contributed by atoms with Crippen LogP contribution in [-0.2, 0) is 6.54 Å². The van der Waals surface area contributed by atoms with Gasteiger partial charge < -0.3 is 5.32 Å². The van der Waals surface area contributed by atoms with E-state index in [9.17, 15) is 0 Å². The molecule has 1 unspecified atom stereocenters. The molecule has 0 aliphatic rings. The van der Waals surface area contributed by atoms with Crippen molar-refractivity contribution >= 4 is 34.3 Å². The van der Waals surface area contributed by atoms with Crippen LogP contribution in [0, 0.1) is 0 Å². The van der Waals surface area contributed by atoms with Crippen molar-refractivity contribution in [3.05, 3.63) is 79.6 Å². The van der Waals surface area contributed by atoms with Gasteiger partial charge in [-0.15, -0.1) is 22.7 Å². The molecule has 0 radical (unpaired) electrons. The van der Waals surface area contributed by atoms with Crippen LogP contribution in [0.25, 0.3) is 0 Å². The summed E-state index contributed by atoms with van der Waals surface area (Å²) < 4.78 is 0.842. The molecule has 0 saturated heterocycles. The van der Waals surface area contributed by atoms with Gasteiger partial charge in [0.2, 0.25) is 0 Å². The third-order valence-electron chi connectivity index (χ3n) is 3.07. The Labute approximate surface area is 131 Å². The summed E-state index contributed by atoms with van der Waals surface area (Å²) in [6, 6.07) is 19.1. The molecule has 1 nitrogen and oxygen atoms in total. The molecule has 0 bridgehead atoms. The van der Waals surface area contributed by atoms with Crippen molar-refractivity contribution < 1.29 is 0 Å². The second-order valence-electron chi connectivity index (χ2n) is 4.45. The summed E-state index contributed by atoms with van der Waals surface area (Å²) in [7, 11) is 0. The third-order valence-corrected chi connectivity index (χ3v) is 5.24. The van der Waals surface area contributed by atoms with Gasteiger partial charge in [-0.2, -0.15) is 0 Å². The highest BCUT2D eigenvalue weighted by atomic mass is 35.5. The van der Waals surface area contributed by atoms with Crippen molar-refractivity contribution in [2.24, 2.45) is 0 Å². The van der Waals surface area contributed by atoms with Gasteiger partial charge in [-0.05, 0) is 29.1 Å². The van der Waals surface area contributed by atoms with Crippen molar-refractivity contribution in [3.63, 3.8) is 0 Å². The molecule has 0 aliphatic heterocycles. The number of benzene rings is 1. The van der Waals surface area contributed by atoms with Crippen LogP contribution in [0.5, 0.6) is 0 Å². The molecule has 0 saturated carbocycles. The fourth-order valence-electron chi connectivity index (χ4n) is 2.13. The molecule has 3 aromatic rings. The highest BCUT2D eigenvalue weighted by Gasteiger charge is 2.14. The first kappa shape index (κ1) is 13.8. The van der Waals surface area contributed by atoms with Gasteiger partial charge in [-0.25, -0.2) is 0 Å². The molecular weight excluding hydrogens is 306 g/mol. The average Bonchev–Trinajstić information content (AvgIpc) is 3.12. The van der Waals surface area contributed by atoms with Crippen LogP contribution in [0.4, 0.5) is 0 Å². The Kier molecular flexibility index (Phi) is 4.53. The number of hydrogen-bond donors (Lipinski definition) is 1. The summed E-state index contributed by atoms with van der Waals surface area (Å²) in [5, 5.41) is 5.75. The Balaban J connectivity index is 1.80. The highest BCUT2D eigenvalue weighted by molar-refractivity contribution is 7.16. The van der Waals surface area contributed by atoms with Crippen molar-refractivity contribution in [2.75, 3.05) is 0 Å². The lowest BCUT2D eigenvalue weighted by Gasteiger charge is -2.17. The van der Waals surface area contributed by atoms with Crippen molar-refractivity contribution in [2.45, 2.75) is 12.6 Å². The Morgan fingerprint density at radius 2 is 1.85 bits per heavy atom. The Bertz CT molecular complexity index is 646. The molecule has 102 valence electrons. The van der Waals surface area contributed by atoms with Gasteiger partial charge in [0.1, 0.15) is 0 Å². The van der Waals surface area contributed by atoms with E-state index in [1.54, 1.807) is 22.7 Å².